The second kappa shape index (κ2) is 6.47. The minimum atomic E-state index is -0.516. The molecule has 1 aromatic heterocycles. The number of anilines is 1. The molecule has 0 aliphatic rings. The molecular formula is C12H12BrFN4O2. The highest BCUT2D eigenvalue weighted by Crippen LogP contribution is 2.26. The molecule has 1 aromatic carbocycles. The van der Waals surface area contributed by atoms with Gasteiger partial charge in [-0.1, -0.05) is 15.9 Å². The fourth-order valence-electron chi connectivity index (χ4n) is 1.37. The van der Waals surface area contributed by atoms with Crippen LogP contribution in [0, 0.1) is 5.82 Å². The number of aromatic nitrogens is 3. The van der Waals surface area contributed by atoms with Crippen molar-refractivity contribution in [2.75, 3.05) is 19.0 Å². The van der Waals surface area contributed by atoms with E-state index in [-0.39, 0.29) is 17.8 Å². The maximum Gasteiger partial charge on any atom is 0.330 e. The van der Waals surface area contributed by atoms with E-state index in [9.17, 15) is 4.39 Å². The highest BCUT2D eigenvalue weighted by molar-refractivity contribution is 9.10. The van der Waals surface area contributed by atoms with Crippen molar-refractivity contribution in [2.24, 2.45) is 0 Å². The molecular weight excluding hydrogens is 331 g/mol. The molecule has 0 bridgehead atoms. The summed E-state index contributed by atoms with van der Waals surface area (Å²) in [6.45, 7) is 2.52. The molecule has 0 aliphatic heterocycles. The summed E-state index contributed by atoms with van der Waals surface area (Å²) in [5, 5.41) is 2.91. The van der Waals surface area contributed by atoms with Crippen LogP contribution < -0.4 is 14.8 Å². The van der Waals surface area contributed by atoms with Gasteiger partial charge in [-0.2, -0.15) is 9.97 Å². The molecule has 0 amide bonds. The number of hydrogen-bond donors (Lipinski definition) is 1. The van der Waals surface area contributed by atoms with E-state index in [0.717, 1.165) is 0 Å². The van der Waals surface area contributed by atoms with E-state index in [2.05, 4.69) is 36.2 Å². The predicted molar refractivity (Wildman–Crippen MR) is 74.7 cm³/mol. The Hall–Kier alpha value is -1.96. The minimum absolute atomic E-state index is 0.00933. The van der Waals surface area contributed by atoms with E-state index in [1.165, 1.54) is 19.2 Å². The van der Waals surface area contributed by atoms with Gasteiger partial charge in [-0.15, -0.1) is 4.98 Å². The van der Waals surface area contributed by atoms with Crippen molar-refractivity contribution in [1.82, 2.24) is 15.0 Å². The number of hydrogen-bond acceptors (Lipinski definition) is 6. The van der Waals surface area contributed by atoms with Crippen LogP contribution in [0.15, 0.2) is 22.7 Å². The second-order valence-electron chi connectivity index (χ2n) is 3.64. The Morgan fingerprint density at radius 1 is 1.25 bits per heavy atom. The molecule has 0 radical (unpaired) electrons. The molecule has 0 unspecified atom stereocenters. The lowest BCUT2D eigenvalue weighted by atomic mass is 10.3. The van der Waals surface area contributed by atoms with E-state index in [1.54, 1.807) is 6.07 Å². The number of halogens is 2. The van der Waals surface area contributed by atoms with Gasteiger partial charge in [0, 0.05) is 11.0 Å². The summed E-state index contributed by atoms with van der Waals surface area (Å²) in [5.41, 5.74) is 0. The lowest BCUT2D eigenvalue weighted by Crippen LogP contribution is -2.06. The van der Waals surface area contributed by atoms with Gasteiger partial charge in [0.1, 0.15) is 0 Å². The number of ether oxygens (including phenoxy) is 2. The number of rotatable bonds is 5. The Morgan fingerprint density at radius 3 is 2.70 bits per heavy atom. The maximum absolute atomic E-state index is 13.6. The van der Waals surface area contributed by atoms with Crippen LogP contribution in [0.5, 0.6) is 17.8 Å². The number of methoxy groups -OCH3 is 1. The topological polar surface area (TPSA) is 69.2 Å². The molecule has 0 saturated carbocycles. The van der Waals surface area contributed by atoms with Gasteiger partial charge >= 0.3 is 12.0 Å². The third-order valence-electron chi connectivity index (χ3n) is 2.21. The number of nitrogens with zero attached hydrogens (tertiary/aromatic N) is 3. The quantitative estimate of drug-likeness (QED) is 0.900. The smallest absolute Gasteiger partial charge is 0.330 e. The summed E-state index contributed by atoms with van der Waals surface area (Å²) < 4.78 is 24.6. The Kier molecular flexibility index (Phi) is 4.67. The molecule has 0 spiro atoms. The summed E-state index contributed by atoms with van der Waals surface area (Å²) >= 11 is 3.24. The predicted octanol–water partition coefficient (Wildman–Crippen LogP) is 3.01. The van der Waals surface area contributed by atoms with E-state index in [4.69, 9.17) is 9.47 Å². The van der Waals surface area contributed by atoms with E-state index in [0.29, 0.717) is 17.0 Å². The number of nitrogens with one attached hydrogen (secondary N) is 1. The van der Waals surface area contributed by atoms with Crippen LogP contribution in [0.1, 0.15) is 6.92 Å². The van der Waals surface area contributed by atoms with Crippen molar-refractivity contribution in [3.8, 4) is 17.8 Å². The van der Waals surface area contributed by atoms with Crippen LogP contribution in [-0.4, -0.2) is 28.6 Å². The van der Waals surface area contributed by atoms with Crippen molar-refractivity contribution in [2.45, 2.75) is 6.92 Å². The zero-order valence-corrected chi connectivity index (χ0v) is 12.4. The molecule has 0 fully saturated rings. The lowest BCUT2D eigenvalue weighted by molar-refractivity contribution is 0.355. The second-order valence-corrected chi connectivity index (χ2v) is 4.55. The SMILES string of the molecule is CCNc1nc(OC)nc(Oc2cc(Br)ccc2F)n1. The van der Waals surface area contributed by atoms with Gasteiger partial charge in [0.05, 0.1) is 7.11 Å². The fraction of sp³-hybridized carbons (Fsp3) is 0.250. The Balaban J connectivity index is 2.32. The van der Waals surface area contributed by atoms with E-state index >= 15 is 0 Å². The molecule has 2 rings (SSSR count). The molecule has 1 N–H and O–H groups in total. The first-order valence-corrected chi connectivity index (χ1v) is 6.58. The highest BCUT2D eigenvalue weighted by atomic mass is 79.9. The molecule has 20 heavy (non-hydrogen) atoms. The summed E-state index contributed by atoms with van der Waals surface area (Å²) in [6.07, 6.45) is 0. The summed E-state index contributed by atoms with van der Waals surface area (Å²) in [6, 6.07) is 4.37. The molecule has 1 heterocycles. The monoisotopic (exact) mass is 342 g/mol. The van der Waals surface area contributed by atoms with Crippen LogP contribution in [0.3, 0.4) is 0 Å². The third kappa shape index (κ3) is 3.53. The zero-order valence-electron chi connectivity index (χ0n) is 10.9. The van der Waals surface area contributed by atoms with Crippen molar-refractivity contribution in [3.05, 3.63) is 28.5 Å². The van der Waals surface area contributed by atoms with Crippen LogP contribution in [0.4, 0.5) is 10.3 Å². The van der Waals surface area contributed by atoms with Crippen LogP contribution in [-0.2, 0) is 0 Å². The Labute approximate surface area is 123 Å². The van der Waals surface area contributed by atoms with Gasteiger partial charge in [0.25, 0.3) is 0 Å². The summed E-state index contributed by atoms with van der Waals surface area (Å²) in [4.78, 5) is 11.9. The zero-order chi connectivity index (χ0) is 14.5. The van der Waals surface area contributed by atoms with Gasteiger partial charge in [0.15, 0.2) is 11.6 Å². The Bertz CT molecular complexity index is 612. The van der Waals surface area contributed by atoms with Crippen molar-refractivity contribution >= 4 is 21.9 Å². The van der Waals surface area contributed by atoms with E-state index in [1.807, 2.05) is 6.92 Å². The average molecular weight is 343 g/mol. The minimum Gasteiger partial charge on any atom is -0.467 e. The van der Waals surface area contributed by atoms with Crippen molar-refractivity contribution < 1.29 is 13.9 Å². The fourth-order valence-corrected chi connectivity index (χ4v) is 1.71. The summed E-state index contributed by atoms with van der Waals surface area (Å²) in [7, 11) is 1.43. The highest BCUT2D eigenvalue weighted by Gasteiger charge is 2.11. The Morgan fingerprint density at radius 2 is 2.00 bits per heavy atom. The molecule has 6 nitrogen and oxygen atoms in total. The van der Waals surface area contributed by atoms with Crippen molar-refractivity contribution in [3.63, 3.8) is 0 Å². The first kappa shape index (κ1) is 14.4. The molecule has 8 heteroatoms. The first-order valence-electron chi connectivity index (χ1n) is 5.79. The maximum atomic E-state index is 13.6. The van der Waals surface area contributed by atoms with Crippen molar-refractivity contribution in [1.29, 1.82) is 0 Å². The summed E-state index contributed by atoms with van der Waals surface area (Å²) in [5.74, 6) is -0.211. The molecule has 0 atom stereocenters. The third-order valence-corrected chi connectivity index (χ3v) is 2.70. The van der Waals surface area contributed by atoms with Gasteiger partial charge in [-0.05, 0) is 25.1 Å². The van der Waals surface area contributed by atoms with Gasteiger partial charge in [-0.3, -0.25) is 0 Å². The molecule has 0 aliphatic carbocycles. The molecule has 0 saturated heterocycles. The standard InChI is InChI=1S/C12H12BrFN4O2/c1-3-15-10-16-11(19-2)18-12(17-10)20-9-6-7(13)4-5-8(9)14/h4-6H,3H2,1-2H3,(H,15,16,17,18). The lowest BCUT2D eigenvalue weighted by Gasteiger charge is -2.08. The van der Waals surface area contributed by atoms with Gasteiger partial charge in [0.2, 0.25) is 5.95 Å². The molecule has 106 valence electrons. The van der Waals surface area contributed by atoms with Gasteiger partial charge in [-0.25, -0.2) is 4.39 Å². The van der Waals surface area contributed by atoms with Crippen LogP contribution in [0.2, 0.25) is 0 Å². The molecule has 2 aromatic rings. The largest absolute Gasteiger partial charge is 0.467 e. The van der Waals surface area contributed by atoms with Crippen LogP contribution >= 0.6 is 15.9 Å². The van der Waals surface area contributed by atoms with Gasteiger partial charge < -0.3 is 14.8 Å². The van der Waals surface area contributed by atoms with E-state index < -0.39 is 5.82 Å². The van der Waals surface area contributed by atoms with Crippen LogP contribution in [0.25, 0.3) is 0 Å². The average Bonchev–Trinajstić information content (AvgIpc) is 2.43. The first-order chi connectivity index (χ1) is 9.62. The normalized spacial score (nSPS) is 10.2. The number of benzene rings is 1.